The highest BCUT2D eigenvalue weighted by Gasteiger charge is 2.31. The molecular formula is C24H37Cl3O5. The van der Waals surface area contributed by atoms with Crippen molar-refractivity contribution in [3.8, 4) is 0 Å². The zero-order valence-corrected chi connectivity index (χ0v) is 22.5. The minimum atomic E-state index is -0.687. The SMILES string of the molecule is CCC(C)(CC)C(=O)O.CCC(C)(CC)C(=O)OCC(C)OCc1c(Cl)cc(Cl)cc1Cl. The third-order valence-corrected chi connectivity index (χ3v) is 7.09. The molecule has 1 N–H and O–H groups in total. The summed E-state index contributed by atoms with van der Waals surface area (Å²) < 4.78 is 11.0. The van der Waals surface area contributed by atoms with E-state index in [9.17, 15) is 9.59 Å². The Hall–Kier alpha value is -1.01. The van der Waals surface area contributed by atoms with E-state index in [1.165, 1.54) is 0 Å². The fraction of sp³-hybridized carbons (Fsp3) is 0.667. The van der Waals surface area contributed by atoms with Crippen LogP contribution in [0.15, 0.2) is 12.1 Å². The smallest absolute Gasteiger partial charge is 0.311 e. The molecule has 1 atom stereocenters. The van der Waals surface area contributed by atoms with Gasteiger partial charge in [0, 0.05) is 20.6 Å². The molecule has 0 heterocycles. The summed E-state index contributed by atoms with van der Waals surface area (Å²) in [6, 6.07) is 3.23. The largest absolute Gasteiger partial charge is 0.481 e. The fourth-order valence-electron chi connectivity index (χ4n) is 2.44. The van der Waals surface area contributed by atoms with Crippen LogP contribution in [0.2, 0.25) is 15.1 Å². The van der Waals surface area contributed by atoms with Crippen LogP contribution in [0.25, 0.3) is 0 Å². The van der Waals surface area contributed by atoms with Crippen LogP contribution in [0, 0.1) is 10.8 Å². The second-order valence-electron chi connectivity index (χ2n) is 8.41. The van der Waals surface area contributed by atoms with E-state index < -0.39 is 16.8 Å². The van der Waals surface area contributed by atoms with E-state index in [1.54, 1.807) is 19.1 Å². The Morgan fingerprint density at radius 2 is 1.38 bits per heavy atom. The molecule has 0 aliphatic heterocycles. The zero-order chi connectivity index (χ0) is 25.1. The van der Waals surface area contributed by atoms with Gasteiger partial charge in [-0.25, -0.2) is 0 Å². The van der Waals surface area contributed by atoms with Gasteiger partial charge in [-0.15, -0.1) is 0 Å². The molecule has 0 saturated carbocycles. The van der Waals surface area contributed by atoms with Gasteiger partial charge >= 0.3 is 11.9 Å². The molecule has 0 bridgehead atoms. The topological polar surface area (TPSA) is 72.8 Å². The van der Waals surface area contributed by atoms with Crippen molar-refractivity contribution in [3.63, 3.8) is 0 Å². The number of benzene rings is 1. The van der Waals surface area contributed by atoms with Crippen molar-refractivity contribution in [3.05, 3.63) is 32.8 Å². The van der Waals surface area contributed by atoms with Crippen molar-refractivity contribution in [1.29, 1.82) is 0 Å². The number of halogens is 3. The maximum absolute atomic E-state index is 12.1. The monoisotopic (exact) mass is 510 g/mol. The molecule has 1 unspecified atom stereocenters. The summed E-state index contributed by atoms with van der Waals surface area (Å²) in [5.41, 5.74) is -0.273. The first-order valence-electron chi connectivity index (χ1n) is 11.0. The number of esters is 1. The van der Waals surface area contributed by atoms with E-state index in [4.69, 9.17) is 49.4 Å². The molecule has 5 nitrogen and oxygen atoms in total. The van der Waals surface area contributed by atoms with Gasteiger partial charge in [0.15, 0.2) is 0 Å². The Balaban J connectivity index is 0.000000900. The van der Waals surface area contributed by atoms with E-state index in [0.717, 1.165) is 12.8 Å². The summed E-state index contributed by atoms with van der Waals surface area (Å²) in [7, 11) is 0. The van der Waals surface area contributed by atoms with Crippen molar-refractivity contribution in [1.82, 2.24) is 0 Å². The molecule has 184 valence electrons. The fourth-order valence-corrected chi connectivity index (χ4v) is 3.37. The molecule has 0 spiro atoms. The number of rotatable bonds is 11. The minimum absolute atomic E-state index is 0.192. The molecule has 0 fully saturated rings. The highest BCUT2D eigenvalue weighted by atomic mass is 35.5. The Morgan fingerprint density at radius 1 is 0.938 bits per heavy atom. The standard InChI is InChI=1S/C17H23Cl3O3.C7H14O2/c1-5-17(4,6-2)16(21)23-9-11(3)22-10-13-14(19)7-12(18)8-15(13)20;1-4-7(3,5-2)6(8)9/h7-8,11H,5-6,9-10H2,1-4H3;4-5H2,1-3H3,(H,8,9). The summed E-state index contributed by atoms with van der Waals surface area (Å²) in [4.78, 5) is 22.6. The summed E-state index contributed by atoms with van der Waals surface area (Å²) in [5.74, 6) is -0.881. The number of aliphatic carboxylic acids is 1. The van der Waals surface area contributed by atoms with Crippen LogP contribution in [-0.2, 0) is 25.7 Å². The van der Waals surface area contributed by atoms with Crippen molar-refractivity contribution < 1.29 is 24.2 Å². The van der Waals surface area contributed by atoms with Crippen LogP contribution in [0.5, 0.6) is 0 Å². The predicted octanol–water partition coefficient (Wildman–Crippen LogP) is 7.82. The normalized spacial score (nSPS) is 12.6. The number of carboxylic acids is 1. The first-order chi connectivity index (χ1) is 14.8. The van der Waals surface area contributed by atoms with Gasteiger partial charge in [-0.05, 0) is 58.6 Å². The highest BCUT2D eigenvalue weighted by molar-refractivity contribution is 6.39. The molecule has 0 amide bonds. The molecule has 0 aliphatic rings. The molecule has 1 aromatic carbocycles. The zero-order valence-electron chi connectivity index (χ0n) is 20.2. The second-order valence-corrected chi connectivity index (χ2v) is 9.66. The van der Waals surface area contributed by atoms with Crippen molar-refractivity contribution in [2.24, 2.45) is 10.8 Å². The van der Waals surface area contributed by atoms with Gasteiger partial charge in [-0.3, -0.25) is 9.59 Å². The summed E-state index contributed by atoms with van der Waals surface area (Å²) >= 11 is 18.1. The predicted molar refractivity (Wildman–Crippen MR) is 132 cm³/mol. The van der Waals surface area contributed by atoms with Gasteiger partial charge in [0.05, 0.1) is 23.5 Å². The number of carbonyl (C=O) groups is 2. The molecule has 32 heavy (non-hydrogen) atoms. The van der Waals surface area contributed by atoms with Crippen LogP contribution in [0.3, 0.4) is 0 Å². The first kappa shape index (κ1) is 31.0. The van der Waals surface area contributed by atoms with Gasteiger partial charge in [0.1, 0.15) is 6.61 Å². The highest BCUT2D eigenvalue weighted by Crippen LogP contribution is 2.30. The van der Waals surface area contributed by atoms with Gasteiger partial charge in [0.25, 0.3) is 0 Å². The van der Waals surface area contributed by atoms with Crippen LogP contribution in [0.1, 0.15) is 79.7 Å². The maximum Gasteiger partial charge on any atom is 0.311 e. The van der Waals surface area contributed by atoms with Crippen LogP contribution in [-0.4, -0.2) is 29.8 Å². The number of carboxylic acid groups (broad SMARTS) is 1. The third-order valence-electron chi connectivity index (χ3n) is 6.20. The van der Waals surface area contributed by atoms with Crippen molar-refractivity contribution in [2.75, 3.05) is 6.61 Å². The number of hydrogen-bond acceptors (Lipinski definition) is 4. The lowest BCUT2D eigenvalue weighted by Gasteiger charge is -2.25. The van der Waals surface area contributed by atoms with E-state index >= 15 is 0 Å². The van der Waals surface area contributed by atoms with Gasteiger partial charge < -0.3 is 14.6 Å². The van der Waals surface area contributed by atoms with Crippen LogP contribution in [0.4, 0.5) is 0 Å². The van der Waals surface area contributed by atoms with E-state index in [-0.39, 0.29) is 25.3 Å². The van der Waals surface area contributed by atoms with Crippen LogP contribution >= 0.6 is 34.8 Å². The minimum Gasteiger partial charge on any atom is -0.481 e. The molecule has 1 aromatic rings. The Labute approximate surface area is 207 Å². The number of carbonyl (C=O) groups excluding carboxylic acids is 1. The average Bonchev–Trinajstić information content (AvgIpc) is 2.75. The van der Waals surface area contributed by atoms with Crippen molar-refractivity contribution >= 4 is 46.7 Å². The lowest BCUT2D eigenvalue weighted by Crippen LogP contribution is -2.31. The Morgan fingerprint density at radius 3 is 1.72 bits per heavy atom. The number of hydrogen-bond donors (Lipinski definition) is 1. The van der Waals surface area contributed by atoms with E-state index in [2.05, 4.69) is 0 Å². The maximum atomic E-state index is 12.1. The van der Waals surface area contributed by atoms with Crippen LogP contribution < -0.4 is 0 Å². The van der Waals surface area contributed by atoms with Gasteiger partial charge in [0.2, 0.25) is 0 Å². The first-order valence-corrected chi connectivity index (χ1v) is 12.1. The molecule has 1 rings (SSSR count). The summed E-state index contributed by atoms with van der Waals surface area (Å²) in [6.45, 7) is 13.7. The molecule has 8 heteroatoms. The molecule has 0 aliphatic carbocycles. The molecule has 0 saturated heterocycles. The van der Waals surface area contributed by atoms with Gasteiger partial charge in [-0.2, -0.15) is 0 Å². The van der Waals surface area contributed by atoms with E-state index in [1.807, 2.05) is 41.5 Å². The van der Waals surface area contributed by atoms with E-state index in [0.29, 0.717) is 33.5 Å². The Bertz CT molecular complexity index is 720. The average molecular weight is 512 g/mol. The lowest BCUT2D eigenvalue weighted by molar-refractivity contribution is -0.159. The quantitative estimate of drug-likeness (QED) is 0.307. The summed E-state index contributed by atoms with van der Waals surface area (Å²) in [6.07, 6.45) is 2.64. The van der Waals surface area contributed by atoms with Gasteiger partial charge in [-0.1, -0.05) is 62.5 Å². The molecule has 0 aromatic heterocycles. The number of ether oxygens (including phenoxy) is 2. The third kappa shape index (κ3) is 9.46. The summed E-state index contributed by atoms with van der Waals surface area (Å²) in [5, 5.41) is 10.0. The van der Waals surface area contributed by atoms with Crippen molar-refractivity contribution in [2.45, 2.75) is 86.9 Å². The second kappa shape index (κ2) is 14.3. The Kier molecular flexibility index (Phi) is 13.8. The molecule has 0 radical (unpaired) electrons. The lowest BCUT2D eigenvalue weighted by atomic mass is 9.85. The molecular weight excluding hydrogens is 475 g/mol.